The van der Waals surface area contributed by atoms with Crippen molar-refractivity contribution in [1.82, 2.24) is 15.1 Å². The Morgan fingerprint density at radius 1 is 1.39 bits per heavy atom. The molecular formula is C17H19N3O2S. The van der Waals surface area contributed by atoms with E-state index in [4.69, 9.17) is 4.42 Å². The number of rotatable bonds is 7. The Hall–Kier alpha value is -2.34. The van der Waals surface area contributed by atoms with E-state index in [-0.39, 0.29) is 5.91 Å². The quantitative estimate of drug-likeness (QED) is 0.720. The van der Waals surface area contributed by atoms with Crippen LogP contribution in [0.15, 0.2) is 46.4 Å². The molecule has 5 nitrogen and oxygen atoms in total. The molecule has 3 heterocycles. The van der Waals surface area contributed by atoms with Crippen molar-refractivity contribution < 1.29 is 9.21 Å². The number of nitrogens with zero attached hydrogens (tertiary/aromatic N) is 2. The summed E-state index contributed by atoms with van der Waals surface area (Å²) in [5, 5.41) is 9.50. The van der Waals surface area contributed by atoms with E-state index in [0.29, 0.717) is 30.2 Å². The number of aromatic nitrogens is 2. The highest BCUT2D eigenvalue weighted by molar-refractivity contribution is 7.09. The minimum atomic E-state index is -0.0969. The number of carbonyl (C=O) groups excluding carboxylic acids is 1. The fourth-order valence-electron chi connectivity index (χ4n) is 2.37. The molecule has 3 rings (SSSR count). The molecule has 3 aromatic rings. The van der Waals surface area contributed by atoms with Crippen molar-refractivity contribution in [1.29, 1.82) is 0 Å². The van der Waals surface area contributed by atoms with Crippen LogP contribution < -0.4 is 5.32 Å². The summed E-state index contributed by atoms with van der Waals surface area (Å²) in [6.07, 6.45) is 3.36. The summed E-state index contributed by atoms with van der Waals surface area (Å²) in [5.74, 6) is 0.577. The van der Waals surface area contributed by atoms with Gasteiger partial charge in [0.2, 0.25) is 0 Å². The van der Waals surface area contributed by atoms with Gasteiger partial charge in [0.1, 0.15) is 11.4 Å². The van der Waals surface area contributed by atoms with Crippen molar-refractivity contribution >= 4 is 17.2 Å². The first kappa shape index (κ1) is 15.6. The second kappa shape index (κ2) is 7.28. The standard InChI is InChI=1S/C17H19N3O2S/c1-2-9-20-15(12-14(19-20)16-6-3-10-22-16)17(21)18-8-7-13-5-4-11-23-13/h3-6,10-12H,2,7-9H2,1H3,(H,18,21). The first-order valence-electron chi connectivity index (χ1n) is 7.70. The summed E-state index contributed by atoms with van der Waals surface area (Å²) in [6, 6.07) is 9.54. The van der Waals surface area contributed by atoms with E-state index in [1.165, 1.54) is 4.88 Å². The lowest BCUT2D eigenvalue weighted by Gasteiger charge is -2.06. The molecule has 0 radical (unpaired) electrons. The fraction of sp³-hybridized carbons (Fsp3) is 0.294. The minimum absolute atomic E-state index is 0.0969. The second-order valence-electron chi connectivity index (χ2n) is 5.20. The number of hydrogen-bond donors (Lipinski definition) is 1. The maximum absolute atomic E-state index is 12.5. The van der Waals surface area contributed by atoms with Crippen LogP contribution in [0.4, 0.5) is 0 Å². The lowest BCUT2D eigenvalue weighted by molar-refractivity contribution is 0.0943. The lowest BCUT2D eigenvalue weighted by atomic mass is 10.3. The third kappa shape index (κ3) is 3.71. The summed E-state index contributed by atoms with van der Waals surface area (Å²) >= 11 is 1.70. The van der Waals surface area contributed by atoms with Gasteiger partial charge in [0.05, 0.1) is 6.26 Å². The van der Waals surface area contributed by atoms with Gasteiger partial charge in [-0.25, -0.2) is 0 Å². The van der Waals surface area contributed by atoms with E-state index >= 15 is 0 Å². The number of nitrogens with one attached hydrogen (secondary N) is 1. The first-order chi connectivity index (χ1) is 11.3. The number of carbonyl (C=O) groups is 1. The monoisotopic (exact) mass is 329 g/mol. The normalized spacial score (nSPS) is 10.8. The SMILES string of the molecule is CCCn1nc(-c2ccco2)cc1C(=O)NCCc1cccs1. The molecule has 23 heavy (non-hydrogen) atoms. The average molecular weight is 329 g/mol. The minimum Gasteiger partial charge on any atom is -0.463 e. The van der Waals surface area contributed by atoms with Gasteiger partial charge in [0.25, 0.3) is 5.91 Å². The van der Waals surface area contributed by atoms with Crippen molar-refractivity contribution in [2.45, 2.75) is 26.3 Å². The zero-order chi connectivity index (χ0) is 16.1. The molecule has 3 aromatic heterocycles. The van der Waals surface area contributed by atoms with E-state index in [0.717, 1.165) is 12.8 Å². The maximum Gasteiger partial charge on any atom is 0.269 e. The highest BCUT2D eigenvalue weighted by Gasteiger charge is 2.16. The largest absolute Gasteiger partial charge is 0.463 e. The zero-order valence-electron chi connectivity index (χ0n) is 13.0. The van der Waals surface area contributed by atoms with E-state index in [9.17, 15) is 4.79 Å². The lowest BCUT2D eigenvalue weighted by Crippen LogP contribution is -2.28. The van der Waals surface area contributed by atoms with Gasteiger partial charge < -0.3 is 9.73 Å². The van der Waals surface area contributed by atoms with Crippen molar-refractivity contribution in [2.24, 2.45) is 0 Å². The molecule has 0 saturated heterocycles. The average Bonchev–Trinajstić information content (AvgIpc) is 3.29. The number of hydrogen-bond acceptors (Lipinski definition) is 4. The van der Waals surface area contributed by atoms with Gasteiger partial charge >= 0.3 is 0 Å². The van der Waals surface area contributed by atoms with Gasteiger partial charge in [-0.3, -0.25) is 9.48 Å². The molecule has 1 N–H and O–H groups in total. The Balaban J connectivity index is 1.70. The highest BCUT2D eigenvalue weighted by atomic mass is 32.1. The van der Waals surface area contributed by atoms with Crippen LogP contribution >= 0.6 is 11.3 Å². The molecule has 0 aliphatic carbocycles. The van der Waals surface area contributed by atoms with Crippen LogP contribution in [0.25, 0.3) is 11.5 Å². The number of furan rings is 1. The van der Waals surface area contributed by atoms with Gasteiger partial charge in [-0.05, 0) is 36.4 Å². The molecule has 0 aliphatic heterocycles. The zero-order valence-corrected chi connectivity index (χ0v) is 13.8. The Morgan fingerprint density at radius 3 is 3.00 bits per heavy atom. The van der Waals surface area contributed by atoms with Gasteiger partial charge in [0, 0.05) is 24.0 Å². The van der Waals surface area contributed by atoms with Gasteiger partial charge in [-0.2, -0.15) is 5.10 Å². The van der Waals surface area contributed by atoms with Crippen LogP contribution in [-0.4, -0.2) is 22.2 Å². The van der Waals surface area contributed by atoms with E-state index in [1.807, 2.05) is 23.6 Å². The number of aryl methyl sites for hydroxylation is 1. The van der Waals surface area contributed by atoms with Crippen LogP contribution in [0.3, 0.4) is 0 Å². The molecule has 0 spiro atoms. The fourth-order valence-corrected chi connectivity index (χ4v) is 3.08. The van der Waals surface area contributed by atoms with Crippen molar-refractivity contribution in [3.8, 4) is 11.5 Å². The predicted octanol–water partition coefficient (Wildman–Crippen LogP) is 3.59. The van der Waals surface area contributed by atoms with E-state index in [2.05, 4.69) is 23.4 Å². The van der Waals surface area contributed by atoms with Crippen LogP contribution in [-0.2, 0) is 13.0 Å². The summed E-state index contributed by atoms with van der Waals surface area (Å²) in [4.78, 5) is 13.7. The molecule has 0 atom stereocenters. The summed E-state index contributed by atoms with van der Waals surface area (Å²) in [7, 11) is 0. The molecule has 1 amide bonds. The first-order valence-corrected chi connectivity index (χ1v) is 8.58. The molecule has 0 aromatic carbocycles. The van der Waals surface area contributed by atoms with Crippen molar-refractivity contribution in [3.05, 3.63) is 52.5 Å². The summed E-state index contributed by atoms with van der Waals surface area (Å²) in [6.45, 7) is 3.38. The van der Waals surface area contributed by atoms with Gasteiger partial charge in [-0.1, -0.05) is 13.0 Å². The predicted molar refractivity (Wildman–Crippen MR) is 90.6 cm³/mol. The Bertz CT molecular complexity index is 745. The van der Waals surface area contributed by atoms with E-state index in [1.54, 1.807) is 28.3 Å². The molecule has 0 aliphatic rings. The molecular weight excluding hydrogens is 310 g/mol. The summed E-state index contributed by atoms with van der Waals surface area (Å²) in [5.41, 5.74) is 1.26. The van der Waals surface area contributed by atoms with Gasteiger partial charge in [-0.15, -0.1) is 11.3 Å². The van der Waals surface area contributed by atoms with Crippen molar-refractivity contribution in [3.63, 3.8) is 0 Å². The van der Waals surface area contributed by atoms with Crippen LogP contribution in [0, 0.1) is 0 Å². The van der Waals surface area contributed by atoms with Crippen LogP contribution in [0.1, 0.15) is 28.7 Å². The molecule has 0 unspecified atom stereocenters. The number of thiophene rings is 1. The maximum atomic E-state index is 12.5. The third-order valence-electron chi connectivity index (χ3n) is 3.46. The Morgan fingerprint density at radius 2 is 2.30 bits per heavy atom. The highest BCUT2D eigenvalue weighted by Crippen LogP contribution is 2.20. The second-order valence-corrected chi connectivity index (χ2v) is 6.23. The topological polar surface area (TPSA) is 60.1 Å². The molecule has 0 bridgehead atoms. The number of amides is 1. The molecule has 120 valence electrons. The van der Waals surface area contributed by atoms with E-state index < -0.39 is 0 Å². The molecule has 6 heteroatoms. The van der Waals surface area contributed by atoms with Gasteiger partial charge in [0.15, 0.2) is 5.76 Å². The Labute approximate surface area is 138 Å². The molecule has 0 saturated carbocycles. The third-order valence-corrected chi connectivity index (χ3v) is 4.39. The smallest absolute Gasteiger partial charge is 0.269 e. The molecule has 0 fully saturated rings. The Kier molecular flexibility index (Phi) is 4.92. The van der Waals surface area contributed by atoms with Crippen LogP contribution in [0.5, 0.6) is 0 Å². The van der Waals surface area contributed by atoms with Crippen LogP contribution in [0.2, 0.25) is 0 Å². The van der Waals surface area contributed by atoms with Crippen molar-refractivity contribution in [2.75, 3.05) is 6.54 Å². The summed E-state index contributed by atoms with van der Waals surface area (Å²) < 4.78 is 7.12.